The molecule has 0 radical (unpaired) electrons. The predicted molar refractivity (Wildman–Crippen MR) is 106 cm³/mol. The average molecular weight is 351 g/mol. The molecule has 2 N–H and O–H groups in total. The molecule has 0 heterocycles. The van der Waals surface area contributed by atoms with Crippen LogP contribution in [0.15, 0.2) is 23.2 Å². The number of anilines is 1. The highest BCUT2D eigenvalue weighted by atomic mass is 16.5. The first kappa shape index (κ1) is 21.1. The van der Waals surface area contributed by atoms with Gasteiger partial charge in [-0.15, -0.1) is 0 Å². The van der Waals surface area contributed by atoms with E-state index < -0.39 is 0 Å². The number of nitrogens with zero attached hydrogens (tertiary/aromatic N) is 2. The number of guanidine groups is 1. The minimum Gasteiger partial charge on any atom is -0.493 e. The Hall–Kier alpha value is -1.95. The van der Waals surface area contributed by atoms with Gasteiger partial charge in [0.1, 0.15) is 0 Å². The van der Waals surface area contributed by atoms with Gasteiger partial charge in [-0.3, -0.25) is 4.99 Å². The monoisotopic (exact) mass is 350 g/mol. The van der Waals surface area contributed by atoms with Crippen LogP contribution in [0.3, 0.4) is 0 Å². The van der Waals surface area contributed by atoms with Crippen LogP contribution < -0.4 is 20.1 Å². The number of aliphatic imine (C=N–C) groups is 1. The maximum Gasteiger partial charge on any atom is 0.195 e. The van der Waals surface area contributed by atoms with E-state index in [0.717, 1.165) is 55.7 Å². The fraction of sp³-hybridized carbons (Fsp3) is 0.632. The van der Waals surface area contributed by atoms with Gasteiger partial charge in [0.2, 0.25) is 0 Å². The number of hydrogen-bond donors (Lipinski definition) is 2. The summed E-state index contributed by atoms with van der Waals surface area (Å²) in [5.41, 5.74) is 0.917. The summed E-state index contributed by atoms with van der Waals surface area (Å²) in [7, 11) is 3.42. The zero-order valence-electron chi connectivity index (χ0n) is 16.4. The third kappa shape index (κ3) is 7.65. The highest BCUT2D eigenvalue weighted by molar-refractivity contribution is 5.93. The highest BCUT2D eigenvalue weighted by Crippen LogP contribution is 2.30. The van der Waals surface area contributed by atoms with Crippen LogP contribution in [0.2, 0.25) is 0 Å². The van der Waals surface area contributed by atoms with Gasteiger partial charge in [0, 0.05) is 25.3 Å². The summed E-state index contributed by atoms with van der Waals surface area (Å²) in [6, 6.07) is 5.77. The number of hydrogen-bond acceptors (Lipinski definition) is 4. The molecular weight excluding hydrogens is 316 g/mol. The van der Waals surface area contributed by atoms with Crippen LogP contribution in [0.25, 0.3) is 0 Å². The standard InChI is InChI=1S/C19H34N4O2/c1-6-23(7-2)14-10-9-13-21-19(20-4)22-16-11-12-17(24-5)18(15-16)25-8-3/h11-12,15H,6-10,13-14H2,1-5H3,(H2,20,21,22). The quantitative estimate of drug-likeness (QED) is 0.365. The molecule has 0 spiro atoms. The molecule has 6 heteroatoms. The maximum absolute atomic E-state index is 5.61. The lowest BCUT2D eigenvalue weighted by Gasteiger charge is -2.18. The smallest absolute Gasteiger partial charge is 0.195 e. The molecule has 0 unspecified atom stereocenters. The number of methoxy groups -OCH3 is 1. The van der Waals surface area contributed by atoms with E-state index in [1.54, 1.807) is 14.2 Å². The van der Waals surface area contributed by atoms with Crippen molar-refractivity contribution in [2.75, 3.05) is 52.3 Å². The van der Waals surface area contributed by atoms with Gasteiger partial charge in [0.05, 0.1) is 13.7 Å². The molecule has 142 valence electrons. The van der Waals surface area contributed by atoms with E-state index in [2.05, 4.69) is 34.4 Å². The van der Waals surface area contributed by atoms with Crippen molar-refractivity contribution in [2.24, 2.45) is 4.99 Å². The number of unbranched alkanes of at least 4 members (excludes halogenated alkanes) is 1. The van der Waals surface area contributed by atoms with Crippen molar-refractivity contribution in [1.82, 2.24) is 10.2 Å². The maximum atomic E-state index is 5.61. The molecule has 1 aromatic carbocycles. The van der Waals surface area contributed by atoms with Crippen molar-refractivity contribution in [1.29, 1.82) is 0 Å². The lowest BCUT2D eigenvalue weighted by Crippen LogP contribution is -2.32. The zero-order valence-corrected chi connectivity index (χ0v) is 16.4. The Morgan fingerprint density at radius 1 is 1.12 bits per heavy atom. The molecule has 0 aliphatic heterocycles. The molecule has 0 fully saturated rings. The zero-order chi connectivity index (χ0) is 18.5. The van der Waals surface area contributed by atoms with Gasteiger partial charge in [-0.25, -0.2) is 0 Å². The average Bonchev–Trinajstić information content (AvgIpc) is 2.64. The lowest BCUT2D eigenvalue weighted by atomic mass is 10.2. The van der Waals surface area contributed by atoms with Gasteiger partial charge in [0.25, 0.3) is 0 Å². The van der Waals surface area contributed by atoms with Gasteiger partial charge < -0.3 is 25.0 Å². The molecule has 0 atom stereocenters. The minimum absolute atomic E-state index is 0.597. The highest BCUT2D eigenvalue weighted by Gasteiger charge is 2.07. The van der Waals surface area contributed by atoms with Crippen LogP contribution in [-0.2, 0) is 0 Å². The van der Waals surface area contributed by atoms with Crippen molar-refractivity contribution in [3.63, 3.8) is 0 Å². The van der Waals surface area contributed by atoms with Crippen LogP contribution in [0.5, 0.6) is 11.5 Å². The summed E-state index contributed by atoms with van der Waals surface area (Å²) in [5.74, 6) is 2.21. The summed E-state index contributed by atoms with van der Waals surface area (Å²) < 4.78 is 10.9. The fourth-order valence-corrected chi connectivity index (χ4v) is 2.55. The van der Waals surface area contributed by atoms with Crippen molar-refractivity contribution >= 4 is 11.6 Å². The lowest BCUT2D eigenvalue weighted by molar-refractivity contribution is 0.297. The van der Waals surface area contributed by atoms with Crippen LogP contribution in [0.4, 0.5) is 5.69 Å². The Bertz CT molecular complexity index is 516. The molecule has 0 saturated heterocycles. The van der Waals surface area contributed by atoms with Crippen molar-refractivity contribution in [3.8, 4) is 11.5 Å². The van der Waals surface area contributed by atoms with Crippen LogP contribution in [0.1, 0.15) is 33.6 Å². The molecule has 0 aliphatic rings. The normalized spacial score (nSPS) is 11.5. The Labute approximate surface area is 152 Å². The summed E-state index contributed by atoms with van der Waals surface area (Å²) in [4.78, 5) is 6.72. The first-order valence-corrected chi connectivity index (χ1v) is 9.19. The third-order valence-corrected chi connectivity index (χ3v) is 4.04. The van der Waals surface area contributed by atoms with E-state index in [0.29, 0.717) is 6.61 Å². The molecule has 0 bridgehead atoms. The van der Waals surface area contributed by atoms with E-state index >= 15 is 0 Å². The van der Waals surface area contributed by atoms with Crippen molar-refractivity contribution < 1.29 is 9.47 Å². The van der Waals surface area contributed by atoms with Gasteiger partial charge >= 0.3 is 0 Å². The number of nitrogens with one attached hydrogen (secondary N) is 2. The van der Waals surface area contributed by atoms with Crippen molar-refractivity contribution in [2.45, 2.75) is 33.6 Å². The number of rotatable bonds is 11. The van der Waals surface area contributed by atoms with Gasteiger partial charge in [0.15, 0.2) is 17.5 Å². The Balaban J connectivity index is 2.47. The largest absolute Gasteiger partial charge is 0.493 e. The predicted octanol–water partition coefficient (Wildman–Crippen LogP) is 3.20. The van der Waals surface area contributed by atoms with Gasteiger partial charge in [-0.1, -0.05) is 13.8 Å². The van der Waals surface area contributed by atoms with E-state index in [1.165, 1.54) is 6.42 Å². The summed E-state index contributed by atoms with van der Waals surface area (Å²) in [6.07, 6.45) is 2.30. The van der Waals surface area contributed by atoms with E-state index in [4.69, 9.17) is 9.47 Å². The second-order valence-corrected chi connectivity index (χ2v) is 5.66. The molecule has 0 aliphatic carbocycles. The summed E-state index contributed by atoms with van der Waals surface area (Å²) in [6.45, 7) is 11.3. The topological polar surface area (TPSA) is 58.1 Å². The second-order valence-electron chi connectivity index (χ2n) is 5.66. The molecule has 0 aromatic heterocycles. The first-order valence-electron chi connectivity index (χ1n) is 9.19. The van der Waals surface area contributed by atoms with Gasteiger partial charge in [-0.05, 0) is 51.5 Å². The summed E-state index contributed by atoms with van der Waals surface area (Å²) in [5, 5.41) is 6.65. The molecule has 1 aromatic rings. The minimum atomic E-state index is 0.597. The molecular formula is C19H34N4O2. The van der Waals surface area contributed by atoms with Gasteiger partial charge in [-0.2, -0.15) is 0 Å². The molecule has 6 nitrogen and oxygen atoms in total. The van der Waals surface area contributed by atoms with Crippen LogP contribution >= 0.6 is 0 Å². The number of benzene rings is 1. The molecule has 0 saturated carbocycles. The van der Waals surface area contributed by atoms with E-state index in [1.807, 2.05) is 25.1 Å². The Morgan fingerprint density at radius 3 is 2.48 bits per heavy atom. The summed E-state index contributed by atoms with van der Waals surface area (Å²) >= 11 is 0. The number of ether oxygens (including phenoxy) is 2. The second kappa shape index (κ2) is 12.4. The third-order valence-electron chi connectivity index (χ3n) is 4.04. The SMILES string of the molecule is CCOc1cc(NC(=NC)NCCCCN(CC)CC)ccc1OC. The Morgan fingerprint density at radius 2 is 1.88 bits per heavy atom. The first-order chi connectivity index (χ1) is 12.2. The molecule has 0 amide bonds. The van der Waals surface area contributed by atoms with Crippen molar-refractivity contribution in [3.05, 3.63) is 18.2 Å². The fourth-order valence-electron chi connectivity index (χ4n) is 2.55. The molecule has 25 heavy (non-hydrogen) atoms. The van der Waals surface area contributed by atoms with E-state index in [-0.39, 0.29) is 0 Å². The Kier molecular flexibility index (Phi) is 10.5. The van der Waals surface area contributed by atoms with Crippen LogP contribution in [0, 0.1) is 0 Å². The van der Waals surface area contributed by atoms with Crippen LogP contribution in [-0.4, -0.2) is 57.8 Å². The molecule has 1 rings (SSSR count). The van der Waals surface area contributed by atoms with E-state index in [9.17, 15) is 0 Å².